The van der Waals surface area contributed by atoms with Crippen LogP contribution in [0.25, 0.3) is 6.08 Å². The quantitative estimate of drug-likeness (QED) is 0.371. The number of hydrogen-bond acceptors (Lipinski definition) is 1. The maximum absolute atomic E-state index is 5.89. The summed E-state index contributed by atoms with van der Waals surface area (Å²) in [5, 5.41) is 6.57. The molecule has 0 aliphatic heterocycles. The van der Waals surface area contributed by atoms with Crippen molar-refractivity contribution in [1.82, 2.24) is 0 Å². The Morgan fingerprint density at radius 3 is 2.53 bits per heavy atom. The number of allylic oxidation sites excluding steroid dienone is 1. The van der Waals surface area contributed by atoms with Crippen LogP contribution in [0.15, 0.2) is 40.5 Å². The van der Waals surface area contributed by atoms with E-state index in [0.717, 1.165) is 5.56 Å². The summed E-state index contributed by atoms with van der Waals surface area (Å²) in [7, 11) is 0. The van der Waals surface area contributed by atoms with E-state index in [0.29, 0.717) is 5.03 Å². The smallest absolute Gasteiger partial charge is 0.256 e. The number of nitrogens with two attached hydrogens (primary N) is 2. The molecule has 0 aromatic heterocycles. The second-order valence-electron chi connectivity index (χ2n) is 2.75. The van der Waals surface area contributed by atoms with Crippen molar-refractivity contribution in [2.75, 3.05) is 0 Å². The highest BCUT2D eigenvalue weighted by atomic mass is 35.5. The van der Waals surface area contributed by atoms with Crippen molar-refractivity contribution in [2.24, 2.45) is 16.6 Å². The Hall–Kier alpha value is -1.81. The first-order valence-corrected chi connectivity index (χ1v) is 4.66. The van der Waals surface area contributed by atoms with Gasteiger partial charge in [-0.2, -0.15) is 0 Å². The fourth-order valence-electron chi connectivity index (χ4n) is 0.919. The van der Waals surface area contributed by atoms with Crippen LogP contribution in [0.1, 0.15) is 5.56 Å². The molecule has 0 fully saturated rings. The Kier molecular flexibility index (Phi) is 4.37. The van der Waals surface area contributed by atoms with Crippen molar-refractivity contribution in [3.8, 4) is 0 Å². The number of hydrogen-bond donors (Lipinski definition) is 3. The third kappa shape index (κ3) is 4.83. The molecule has 1 rings (SSSR count). The van der Waals surface area contributed by atoms with Gasteiger partial charge in [-0.15, -0.1) is 5.10 Å². The lowest BCUT2D eigenvalue weighted by atomic mass is 10.2. The van der Waals surface area contributed by atoms with Crippen LogP contribution in [0.4, 0.5) is 0 Å². The summed E-state index contributed by atoms with van der Waals surface area (Å²) in [6.45, 7) is 0. The molecule has 0 unspecified atom stereocenters. The standard InChI is InChI=1S/C10H11ClN4/c11-9(7-14-15-10(12)13)6-8-4-2-1-3-5-8/h1-7H,(H4,12,13,15)/p+1/b9-6-,14-7-. The Morgan fingerprint density at radius 2 is 1.93 bits per heavy atom. The Balaban J connectivity index is 2.69. The maximum Gasteiger partial charge on any atom is 0.256 e. The number of nitrogens with one attached hydrogen (secondary N) is 1. The monoisotopic (exact) mass is 223 g/mol. The Bertz CT molecular complexity index is 391. The van der Waals surface area contributed by atoms with Gasteiger partial charge in [0.1, 0.15) is 5.03 Å². The highest BCUT2D eigenvalue weighted by Crippen LogP contribution is 2.06. The molecule has 78 valence electrons. The van der Waals surface area contributed by atoms with Crippen molar-refractivity contribution in [2.45, 2.75) is 0 Å². The van der Waals surface area contributed by atoms with Gasteiger partial charge in [-0.3, -0.25) is 0 Å². The third-order valence-corrected chi connectivity index (χ3v) is 1.72. The summed E-state index contributed by atoms with van der Waals surface area (Å²) in [6.07, 6.45) is 3.28. The normalized spacial score (nSPS) is 11.7. The van der Waals surface area contributed by atoms with Gasteiger partial charge in [0.25, 0.3) is 5.96 Å². The van der Waals surface area contributed by atoms with Crippen LogP contribution >= 0.6 is 11.6 Å². The summed E-state index contributed by atoms with van der Waals surface area (Å²) in [4.78, 5) is 0. The highest BCUT2D eigenvalue weighted by Gasteiger charge is 1.92. The molecule has 5 heteroatoms. The molecule has 1 aromatic carbocycles. The summed E-state index contributed by atoms with van der Waals surface area (Å²) in [6, 6.07) is 9.68. The predicted octanol–water partition coefficient (Wildman–Crippen LogP) is -0.394. The van der Waals surface area contributed by atoms with Crippen LogP contribution in [0.5, 0.6) is 0 Å². The molecule has 4 nitrogen and oxygen atoms in total. The minimum Gasteiger partial charge on any atom is -0.365 e. The molecule has 0 spiro atoms. The number of guanidine groups is 1. The molecule has 0 aliphatic rings. The molecular formula is C10H12ClN4+. The number of nitrogens with zero attached hydrogens (tertiary/aromatic N) is 1. The summed E-state index contributed by atoms with van der Waals surface area (Å²) in [5.41, 5.74) is 11.2. The minimum atomic E-state index is -0.0459. The molecule has 0 saturated carbocycles. The first kappa shape index (κ1) is 11.3. The van der Waals surface area contributed by atoms with Gasteiger partial charge in [-0.25, -0.2) is 0 Å². The average Bonchev–Trinajstić information content (AvgIpc) is 2.18. The fraction of sp³-hybridized carbons (Fsp3) is 0. The Labute approximate surface area is 92.9 Å². The molecule has 0 atom stereocenters. The van der Waals surface area contributed by atoms with Crippen LogP contribution in [-0.2, 0) is 0 Å². The van der Waals surface area contributed by atoms with E-state index >= 15 is 0 Å². The van der Waals surface area contributed by atoms with E-state index in [-0.39, 0.29) is 5.96 Å². The van der Waals surface area contributed by atoms with E-state index in [1.807, 2.05) is 30.3 Å². The maximum atomic E-state index is 5.89. The van der Waals surface area contributed by atoms with Crippen molar-refractivity contribution >= 4 is 29.9 Å². The van der Waals surface area contributed by atoms with Gasteiger partial charge < -0.3 is 11.5 Å². The van der Waals surface area contributed by atoms with Crippen molar-refractivity contribution < 1.29 is 5.10 Å². The molecular weight excluding hydrogens is 212 g/mol. The third-order valence-electron chi connectivity index (χ3n) is 1.50. The average molecular weight is 224 g/mol. The zero-order valence-electron chi connectivity index (χ0n) is 8.02. The number of rotatable bonds is 3. The van der Waals surface area contributed by atoms with E-state index < -0.39 is 0 Å². The van der Waals surface area contributed by atoms with Gasteiger partial charge in [-0.05, 0) is 11.6 Å². The van der Waals surface area contributed by atoms with Gasteiger partial charge >= 0.3 is 0 Å². The van der Waals surface area contributed by atoms with E-state index in [2.05, 4.69) is 10.2 Å². The topological polar surface area (TPSA) is 78.4 Å². The van der Waals surface area contributed by atoms with Gasteiger partial charge in [-0.1, -0.05) is 41.9 Å². The Morgan fingerprint density at radius 1 is 1.27 bits per heavy atom. The van der Waals surface area contributed by atoms with Gasteiger partial charge in [0, 0.05) is 5.10 Å². The van der Waals surface area contributed by atoms with Crippen LogP contribution < -0.4 is 16.6 Å². The van der Waals surface area contributed by atoms with Gasteiger partial charge in [0.2, 0.25) is 6.21 Å². The molecule has 0 aliphatic carbocycles. The van der Waals surface area contributed by atoms with Crippen LogP contribution in [0.2, 0.25) is 0 Å². The van der Waals surface area contributed by atoms with E-state index in [1.165, 1.54) is 6.21 Å². The lowest BCUT2D eigenvalue weighted by Gasteiger charge is -1.89. The summed E-state index contributed by atoms with van der Waals surface area (Å²) >= 11 is 5.89. The second-order valence-corrected chi connectivity index (χ2v) is 3.19. The molecule has 0 heterocycles. The van der Waals surface area contributed by atoms with E-state index in [1.54, 1.807) is 6.08 Å². The summed E-state index contributed by atoms with van der Waals surface area (Å²) in [5.74, 6) is -0.0459. The van der Waals surface area contributed by atoms with Crippen molar-refractivity contribution in [3.63, 3.8) is 0 Å². The molecule has 15 heavy (non-hydrogen) atoms. The SMILES string of the molecule is NC(N)=N/[NH+]=C\C(Cl)=C\c1ccccc1. The number of hydrazone groups is 1. The van der Waals surface area contributed by atoms with E-state index in [4.69, 9.17) is 23.1 Å². The zero-order valence-corrected chi connectivity index (χ0v) is 8.78. The molecule has 0 saturated heterocycles. The number of halogens is 1. The van der Waals surface area contributed by atoms with Crippen molar-refractivity contribution in [1.29, 1.82) is 0 Å². The number of benzene rings is 1. The molecule has 0 radical (unpaired) electrons. The second kappa shape index (κ2) is 5.82. The fourth-order valence-corrected chi connectivity index (χ4v) is 1.09. The molecule has 1 aromatic rings. The first-order chi connectivity index (χ1) is 7.18. The van der Waals surface area contributed by atoms with Gasteiger partial charge in [0.05, 0.1) is 0 Å². The van der Waals surface area contributed by atoms with Crippen LogP contribution in [-0.4, -0.2) is 12.2 Å². The lowest BCUT2D eigenvalue weighted by molar-refractivity contribution is -0.456. The zero-order chi connectivity index (χ0) is 11.1. The van der Waals surface area contributed by atoms with E-state index in [9.17, 15) is 0 Å². The summed E-state index contributed by atoms with van der Waals surface area (Å²) < 4.78 is 0. The lowest BCUT2D eigenvalue weighted by Crippen LogP contribution is -2.63. The molecule has 0 bridgehead atoms. The largest absolute Gasteiger partial charge is 0.365 e. The molecule has 5 N–H and O–H groups in total. The first-order valence-electron chi connectivity index (χ1n) is 4.28. The van der Waals surface area contributed by atoms with Crippen LogP contribution in [0.3, 0.4) is 0 Å². The van der Waals surface area contributed by atoms with Crippen molar-refractivity contribution in [3.05, 3.63) is 40.9 Å². The molecule has 0 amide bonds. The highest BCUT2D eigenvalue weighted by molar-refractivity contribution is 6.40. The minimum absolute atomic E-state index is 0.0459. The van der Waals surface area contributed by atoms with Crippen LogP contribution in [0, 0.1) is 0 Å². The predicted molar refractivity (Wildman–Crippen MR) is 63.1 cm³/mol. The van der Waals surface area contributed by atoms with Gasteiger partial charge in [0.15, 0.2) is 0 Å².